The SMILES string of the molecule is O=C(O)/C(Cc1ccc(Cl)c(Cl)c1)=N\O. The van der Waals surface area contributed by atoms with Crippen molar-refractivity contribution in [2.45, 2.75) is 6.42 Å². The summed E-state index contributed by atoms with van der Waals surface area (Å²) in [4.78, 5) is 10.5. The minimum absolute atomic E-state index is 0.0112. The van der Waals surface area contributed by atoms with E-state index in [1.54, 1.807) is 12.1 Å². The highest BCUT2D eigenvalue weighted by Crippen LogP contribution is 2.22. The van der Waals surface area contributed by atoms with Gasteiger partial charge in [-0.1, -0.05) is 34.4 Å². The molecule has 0 aliphatic rings. The largest absolute Gasteiger partial charge is 0.477 e. The number of halogens is 2. The molecule has 2 N–H and O–H groups in total. The number of benzene rings is 1. The number of rotatable bonds is 3. The summed E-state index contributed by atoms with van der Waals surface area (Å²) in [6.07, 6.45) is -0.0112. The maximum absolute atomic E-state index is 10.5. The van der Waals surface area contributed by atoms with Gasteiger partial charge in [-0.25, -0.2) is 4.79 Å². The van der Waals surface area contributed by atoms with E-state index in [9.17, 15) is 4.79 Å². The highest BCUT2D eigenvalue weighted by atomic mass is 35.5. The van der Waals surface area contributed by atoms with E-state index in [-0.39, 0.29) is 12.1 Å². The summed E-state index contributed by atoms with van der Waals surface area (Å²) in [5.74, 6) is -1.27. The van der Waals surface area contributed by atoms with Gasteiger partial charge in [0.1, 0.15) is 0 Å². The van der Waals surface area contributed by atoms with Crippen LogP contribution in [0.25, 0.3) is 0 Å². The van der Waals surface area contributed by atoms with Gasteiger partial charge in [-0.15, -0.1) is 0 Å². The highest BCUT2D eigenvalue weighted by Gasteiger charge is 2.11. The number of hydrogen-bond acceptors (Lipinski definition) is 3. The van der Waals surface area contributed by atoms with Crippen LogP contribution < -0.4 is 0 Å². The summed E-state index contributed by atoms with van der Waals surface area (Å²) >= 11 is 11.4. The van der Waals surface area contributed by atoms with E-state index in [1.165, 1.54) is 6.07 Å². The zero-order valence-electron chi connectivity index (χ0n) is 7.44. The Morgan fingerprint density at radius 2 is 2.00 bits per heavy atom. The van der Waals surface area contributed by atoms with Crippen LogP contribution in [0.4, 0.5) is 0 Å². The molecule has 0 atom stereocenters. The molecular formula is C9H7Cl2NO3. The standard InChI is InChI=1S/C9H7Cl2NO3/c10-6-2-1-5(3-7(6)11)4-8(12-15)9(13)14/h1-3,15H,4H2,(H,13,14)/b12-8-. The van der Waals surface area contributed by atoms with Crippen LogP contribution in [0.5, 0.6) is 0 Å². The lowest BCUT2D eigenvalue weighted by molar-refractivity contribution is -0.129. The average molecular weight is 248 g/mol. The molecule has 1 aromatic rings. The number of nitrogens with zero attached hydrogens (tertiary/aromatic N) is 1. The first-order chi connectivity index (χ1) is 7.04. The molecular weight excluding hydrogens is 241 g/mol. The molecule has 0 saturated heterocycles. The number of hydrogen-bond donors (Lipinski definition) is 2. The minimum atomic E-state index is -1.27. The normalized spacial score (nSPS) is 11.5. The molecule has 1 rings (SSSR count). The van der Waals surface area contributed by atoms with Crippen LogP contribution in [-0.4, -0.2) is 22.0 Å². The Balaban J connectivity index is 2.90. The van der Waals surface area contributed by atoms with Gasteiger partial charge in [-0.3, -0.25) is 0 Å². The van der Waals surface area contributed by atoms with E-state index in [0.29, 0.717) is 15.6 Å². The molecule has 15 heavy (non-hydrogen) atoms. The first-order valence-electron chi connectivity index (χ1n) is 3.92. The predicted molar refractivity (Wildman–Crippen MR) is 57.0 cm³/mol. The molecule has 80 valence electrons. The molecule has 0 radical (unpaired) electrons. The first-order valence-corrected chi connectivity index (χ1v) is 4.68. The Bertz CT molecular complexity index is 418. The first kappa shape index (κ1) is 11.8. The Labute approximate surface area is 95.7 Å². The third-order valence-electron chi connectivity index (χ3n) is 1.72. The molecule has 0 unspecified atom stereocenters. The molecule has 0 saturated carbocycles. The second kappa shape index (κ2) is 5.00. The summed E-state index contributed by atoms with van der Waals surface area (Å²) < 4.78 is 0. The maximum atomic E-state index is 10.5. The predicted octanol–water partition coefficient (Wildman–Crippen LogP) is 2.45. The van der Waals surface area contributed by atoms with Gasteiger partial charge in [0.15, 0.2) is 5.71 Å². The van der Waals surface area contributed by atoms with Crippen molar-refractivity contribution < 1.29 is 15.1 Å². The van der Waals surface area contributed by atoms with Crippen LogP contribution in [0.1, 0.15) is 5.56 Å². The van der Waals surface area contributed by atoms with Crippen LogP contribution in [0.3, 0.4) is 0 Å². The van der Waals surface area contributed by atoms with Gasteiger partial charge in [0.05, 0.1) is 10.0 Å². The molecule has 0 aliphatic heterocycles. The number of carboxylic acids is 1. The van der Waals surface area contributed by atoms with Crippen molar-refractivity contribution in [2.24, 2.45) is 5.16 Å². The number of carboxylic acid groups (broad SMARTS) is 1. The van der Waals surface area contributed by atoms with E-state index in [1.807, 2.05) is 0 Å². The summed E-state index contributed by atoms with van der Waals surface area (Å²) in [7, 11) is 0. The van der Waals surface area contributed by atoms with Gasteiger partial charge in [0.2, 0.25) is 0 Å². The van der Waals surface area contributed by atoms with E-state index in [4.69, 9.17) is 33.5 Å². The van der Waals surface area contributed by atoms with Gasteiger partial charge < -0.3 is 10.3 Å². The molecule has 0 aromatic heterocycles. The molecule has 0 spiro atoms. The van der Waals surface area contributed by atoms with Crippen molar-refractivity contribution in [3.63, 3.8) is 0 Å². The monoisotopic (exact) mass is 247 g/mol. The van der Waals surface area contributed by atoms with Crippen molar-refractivity contribution in [1.82, 2.24) is 0 Å². The second-order valence-corrected chi connectivity index (χ2v) is 3.59. The molecule has 6 heteroatoms. The third-order valence-corrected chi connectivity index (χ3v) is 2.46. The molecule has 0 amide bonds. The fraction of sp³-hybridized carbons (Fsp3) is 0.111. The number of oxime groups is 1. The fourth-order valence-corrected chi connectivity index (χ4v) is 1.32. The summed E-state index contributed by atoms with van der Waals surface area (Å²) in [5, 5.41) is 20.4. The van der Waals surface area contributed by atoms with Crippen LogP contribution in [-0.2, 0) is 11.2 Å². The Kier molecular flexibility index (Phi) is 3.94. The zero-order chi connectivity index (χ0) is 11.4. The lowest BCUT2D eigenvalue weighted by Crippen LogP contribution is -2.15. The smallest absolute Gasteiger partial charge is 0.354 e. The molecule has 1 aromatic carbocycles. The van der Waals surface area contributed by atoms with Crippen molar-refractivity contribution in [3.8, 4) is 0 Å². The van der Waals surface area contributed by atoms with E-state index < -0.39 is 5.97 Å². The van der Waals surface area contributed by atoms with Crippen molar-refractivity contribution in [1.29, 1.82) is 0 Å². The van der Waals surface area contributed by atoms with Gasteiger partial charge in [0.25, 0.3) is 0 Å². The van der Waals surface area contributed by atoms with E-state index in [2.05, 4.69) is 5.16 Å². The fourth-order valence-electron chi connectivity index (χ4n) is 0.997. The van der Waals surface area contributed by atoms with Crippen molar-refractivity contribution in [3.05, 3.63) is 33.8 Å². The minimum Gasteiger partial charge on any atom is -0.477 e. The lowest BCUT2D eigenvalue weighted by atomic mass is 10.1. The summed E-state index contributed by atoms with van der Waals surface area (Å²) in [5.41, 5.74) is 0.257. The van der Waals surface area contributed by atoms with Crippen molar-refractivity contribution >= 4 is 34.9 Å². The highest BCUT2D eigenvalue weighted by molar-refractivity contribution is 6.42. The lowest BCUT2D eigenvalue weighted by Gasteiger charge is -2.02. The van der Waals surface area contributed by atoms with Crippen LogP contribution >= 0.6 is 23.2 Å². The number of aliphatic carboxylic acids is 1. The quantitative estimate of drug-likeness (QED) is 0.490. The van der Waals surface area contributed by atoms with Gasteiger partial charge in [-0.2, -0.15) is 0 Å². The van der Waals surface area contributed by atoms with E-state index in [0.717, 1.165) is 0 Å². The van der Waals surface area contributed by atoms with Crippen LogP contribution in [0.15, 0.2) is 23.4 Å². The van der Waals surface area contributed by atoms with E-state index >= 15 is 0 Å². The van der Waals surface area contributed by atoms with Crippen molar-refractivity contribution in [2.75, 3.05) is 0 Å². The van der Waals surface area contributed by atoms with Crippen LogP contribution in [0.2, 0.25) is 10.0 Å². The molecule has 0 heterocycles. The summed E-state index contributed by atoms with van der Waals surface area (Å²) in [6.45, 7) is 0. The van der Waals surface area contributed by atoms with Crippen LogP contribution in [0, 0.1) is 0 Å². The average Bonchev–Trinajstić information content (AvgIpc) is 2.19. The Morgan fingerprint density at radius 1 is 1.33 bits per heavy atom. The van der Waals surface area contributed by atoms with Gasteiger partial charge >= 0.3 is 5.97 Å². The molecule has 0 bridgehead atoms. The molecule has 0 fully saturated rings. The number of carbonyl (C=O) groups is 1. The summed E-state index contributed by atoms with van der Waals surface area (Å²) in [6, 6.07) is 4.69. The topological polar surface area (TPSA) is 69.9 Å². The second-order valence-electron chi connectivity index (χ2n) is 2.78. The van der Waals surface area contributed by atoms with Gasteiger partial charge in [0, 0.05) is 6.42 Å². The Hall–Kier alpha value is -1.26. The zero-order valence-corrected chi connectivity index (χ0v) is 8.96. The maximum Gasteiger partial charge on any atom is 0.354 e. The Morgan fingerprint density at radius 3 is 2.47 bits per heavy atom. The van der Waals surface area contributed by atoms with Gasteiger partial charge in [-0.05, 0) is 17.7 Å². The molecule has 4 nitrogen and oxygen atoms in total. The molecule has 0 aliphatic carbocycles. The third kappa shape index (κ3) is 3.11.